The number of hydrogen-bond acceptors (Lipinski definition) is 3. The highest BCUT2D eigenvalue weighted by Gasteiger charge is 2.31. The molecule has 7 heteroatoms. The molecule has 1 aliphatic heterocycles. The number of anilines is 1. The van der Waals surface area contributed by atoms with E-state index in [9.17, 15) is 13.2 Å². The summed E-state index contributed by atoms with van der Waals surface area (Å²) >= 11 is 0. The Hall–Kier alpha value is -1.44. The topological polar surface area (TPSA) is 78.5 Å². The van der Waals surface area contributed by atoms with Gasteiger partial charge < -0.3 is 5.32 Å². The Morgan fingerprint density at radius 3 is 2.46 bits per heavy atom. The van der Waals surface area contributed by atoms with E-state index < -0.39 is 10.2 Å². The highest BCUT2D eigenvalue weighted by molar-refractivity contribution is 7.87. The van der Waals surface area contributed by atoms with Crippen LogP contribution >= 0.6 is 0 Å². The lowest BCUT2D eigenvalue weighted by Gasteiger charge is -2.34. The third-order valence-electron chi connectivity index (χ3n) is 4.21. The summed E-state index contributed by atoms with van der Waals surface area (Å²) in [6.45, 7) is 8.52. The van der Waals surface area contributed by atoms with Crippen molar-refractivity contribution in [3.63, 3.8) is 0 Å². The molecule has 2 rings (SSSR count). The second-order valence-corrected chi connectivity index (χ2v) is 8.62. The maximum atomic E-state index is 12.7. The molecular weight excluding hydrogens is 326 g/mol. The Morgan fingerprint density at radius 2 is 1.88 bits per heavy atom. The molecule has 134 valence electrons. The lowest BCUT2D eigenvalue weighted by molar-refractivity contribution is -0.114. The maximum absolute atomic E-state index is 12.7. The van der Waals surface area contributed by atoms with Gasteiger partial charge in [-0.05, 0) is 42.9 Å². The molecule has 1 saturated heterocycles. The van der Waals surface area contributed by atoms with Gasteiger partial charge in [0.15, 0.2) is 0 Å². The Morgan fingerprint density at radius 1 is 1.25 bits per heavy atom. The monoisotopic (exact) mass is 353 g/mol. The van der Waals surface area contributed by atoms with Crippen LogP contribution < -0.4 is 10.0 Å². The average molecular weight is 353 g/mol. The minimum Gasteiger partial charge on any atom is -0.326 e. The van der Waals surface area contributed by atoms with Gasteiger partial charge in [-0.1, -0.05) is 26.0 Å². The summed E-state index contributed by atoms with van der Waals surface area (Å²) in [6, 6.07) is 6.84. The van der Waals surface area contributed by atoms with E-state index in [1.165, 1.54) is 6.92 Å². The van der Waals surface area contributed by atoms with E-state index in [1.807, 2.05) is 6.07 Å². The number of rotatable bonds is 5. The van der Waals surface area contributed by atoms with Crippen LogP contribution in [0, 0.1) is 11.8 Å². The highest BCUT2D eigenvalue weighted by atomic mass is 32.2. The number of amides is 1. The molecule has 3 atom stereocenters. The molecular formula is C17H27N3O3S. The predicted octanol–water partition coefficient (Wildman–Crippen LogP) is 2.52. The smallest absolute Gasteiger partial charge is 0.280 e. The number of carbonyl (C=O) groups excluding carboxylic acids is 1. The van der Waals surface area contributed by atoms with Crippen molar-refractivity contribution in [1.82, 2.24) is 9.03 Å². The first-order chi connectivity index (χ1) is 11.2. The van der Waals surface area contributed by atoms with Gasteiger partial charge in [0, 0.05) is 31.7 Å². The van der Waals surface area contributed by atoms with Gasteiger partial charge in [-0.25, -0.2) is 0 Å². The Bertz CT molecular complexity index is 680. The fraction of sp³-hybridized carbons (Fsp3) is 0.588. The van der Waals surface area contributed by atoms with Gasteiger partial charge in [0.25, 0.3) is 10.2 Å². The molecule has 0 spiro atoms. The molecule has 0 saturated carbocycles. The Balaban J connectivity index is 2.10. The van der Waals surface area contributed by atoms with E-state index in [0.717, 1.165) is 12.0 Å². The first kappa shape index (κ1) is 18.9. The van der Waals surface area contributed by atoms with Crippen molar-refractivity contribution in [1.29, 1.82) is 0 Å². The van der Waals surface area contributed by atoms with Gasteiger partial charge in [-0.3, -0.25) is 4.79 Å². The molecule has 0 aliphatic carbocycles. The van der Waals surface area contributed by atoms with Gasteiger partial charge in [-0.15, -0.1) is 0 Å². The van der Waals surface area contributed by atoms with Gasteiger partial charge in [0.2, 0.25) is 5.91 Å². The molecule has 3 unspecified atom stereocenters. The highest BCUT2D eigenvalue weighted by Crippen LogP contribution is 2.24. The summed E-state index contributed by atoms with van der Waals surface area (Å²) in [5, 5.41) is 2.71. The van der Waals surface area contributed by atoms with E-state index in [2.05, 4.69) is 23.9 Å². The van der Waals surface area contributed by atoms with Crippen molar-refractivity contribution >= 4 is 21.8 Å². The van der Waals surface area contributed by atoms with Crippen LogP contribution in [0.2, 0.25) is 0 Å². The first-order valence-electron chi connectivity index (χ1n) is 8.32. The molecule has 1 amide bonds. The van der Waals surface area contributed by atoms with Gasteiger partial charge >= 0.3 is 0 Å². The van der Waals surface area contributed by atoms with Crippen molar-refractivity contribution in [3.05, 3.63) is 29.8 Å². The molecule has 1 heterocycles. The van der Waals surface area contributed by atoms with Crippen LogP contribution in [0.25, 0.3) is 0 Å². The molecule has 2 N–H and O–H groups in total. The molecule has 0 radical (unpaired) electrons. The van der Waals surface area contributed by atoms with Crippen LogP contribution in [-0.4, -0.2) is 31.7 Å². The van der Waals surface area contributed by atoms with Crippen LogP contribution in [0.1, 0.15) is 45.7 Å². The standard InChI is InChI=1S/C17H27N3O3S/c1-12-8-13(2)11-20(10-12)24(22,23)19-14(3)16-6-5-7-17(9-16)18-15(4)21/h5-7,9,12-14,19H,8,10-11H2,1-4H3,(H,18,21). The van der Waals surface area contributed by atoms with Crippen LogP contribution in [0.15, 0.2) is 24.3 Å². The van der Waals surface area contributed by atoms with Crippen LogP contribution in [0.4, 0.5) is 5.69 Å². The molecule has 6 nitrogen and oxygen atoms in total. The summed E-state index contributed by atoms with van der Waals surface area (Å²) in [7, 11) is -3.54. The minimum absolute atomic E-state index is 0.156. The lowest BCUT2D eigenvalue weighted by atomic mass is 9.94. The molecule has 1 aromatic carbocycles. The fourth-order valence-electron chi connectivity index (χ4n) is 3.26. The zero-order valence-corrected chi connectivity index (χ0v) is 15.6. The first-order valence-corrected chi connectivity index (χ1v) is 9.76. The number of carbonyl (C=O) groups is 1. The van der Waals surface area contributed by atoms with Gasteiger partial charge in [0.1, 0.15) is 0 Å². The summed E-state index contributed by atoms with van der Waals surface area (Å²) in [6.07, 6.45) is 1.06. The quantitative estimate of drug-likeness (QED) is 0.854. The minimum atomic E-state index is -3.54. The average Bonchev–Trinajstić information content (AvgIpc) is 2.45. The lowest BCUT2D eigenvalue weighted by Crippen LogP contribution is -2.48. The van der Waals surface area contributed by atoms with Gasteiger partial charge in [-0.2, -0.15) is 17.4 Å². The van der Waals surface area contributed by atoms with Crippen LogP contribution in [0.5, 0.6) is 0 Å². The second-order valence-electron chi connectivity index (χ2n) is 6.91. The molecule has 1 aromatic rings. The van der Waals surface area contributed by atoms with Crippen molar-refractivity contribution in [2.24, 2.45) is 11.8 Å². The van der Waals surface area contributed by atoms with Crippen LogP contribution in [-0.2, 0) is 15.0 Å². The number of nitrogens with zero attached hydrogens (tertiary/aromatic N) is 1. The number of hydrogen-bond donors (Lipinski definition) is 2. The van der Waals surface area contributed by atoms with Crippen LogP contribution in [0.3, 0.4) is 0 Å². The van der Waals surface area contributed by atoms with E-state index >= 15 is 0 Å². The largest absolute Gasteiger partial charge is 0.326 e. The third kappa shape index (κ3) is 5.03. The van der Waals surface area contributed by atoms with E-state index in [-0.39, 0.29) is 11.9 Å². The van der Waals surface area contributed by atoms with E-state index in [4.69, 9.17) is 0 Å². The number of nitrogens with one attached hydrogen (secondary N) is 2. The van der Waals surface area contributed by atoms with Crippen molar-refractivity contribution in [2.75, 3.05) is 18.4 Å². The maximum Gasteiger partial charge on any atom is 0.280 e. The number of piperidine rings is 1. The fourth-order valence-corrected chi connectivity index (χ4v) is 4.89. The normalized spacial score (nSPS) is 23.7. The molecule has 0 aromatic heterocycles. The second kappa shape index (κ2) is 7.63. The van der Waals surface area contributed by atoms with E-state index in [0.29, 0.717) is 30.6 Å². The molecule has 0 bridgehead atoms. The summed E-state index contributed by atoms with van der Waals surface area (Å²) in [5.74, 6) is 0.573. The van der Waals surface area contributed by atoms with Crippen molar-refractivity contribution in [3.8, 4) is 0 Å². The SMILES string of the molecule is CC(=O)Nc1cccc(C(C)NS(=O)(=O)N2CC(C)CC(C)C2)c1. The zero-order valence-electron chi connectivity index (χ0n) is 14.7. The molecule has 24 heavy (non-hydrogen) atoms. The third-order valence-corrected chi connectivity index (χ3v) is 5.84. The molecule has 1 aliphatic rings. The molecule has 1 fully saturated rings. The predicted molar refractivity (Wildman–Crippen MR) is 95.7 cm³/mol. The van der Waals surface area contributed by atoms with Crippen molar-refractivity contribution < 1.29 is 13.2 Å². The summed E-state index contributed by atoms with van der Waals surface area (Å²) < 4.78 is 29.6. The Kier molecular flexibility index (Phi) is 6.01. The summed E-state index contributed by atoms with van der Waals surface area (Å²) in [4.78, 5) is 11.2. The van der Waals surface area contributed by atoms with Gasteiger partial charge in [0.05, 0.1) is 0 Å². The Labute approximate surface area is 144 Å². The van der Waals surface area contributed by atoms with E-state index in [1.54, 1.807) is 29.4 Å². The number of benzene rings is 1. The zero-order chi connectivity index (χ0) is 17.9. The summed E-state index contributed by atoms with van der Waals surface area (Å²) in [5.41, 5.74) is 1.47. The van der Waals surface area contributed by atoms with Crippen molar-refractivity contribution in [2.45, 2.75) is 40.2 Å².